The molecule has 14 heteroatoms. The number of carboxylic acid groups (broad SMARTS) is 1. The number of nitrogens with zero attached hydrogens (tertiary/aromatic N) is 4. The minimum atomic E-state index is -1.45. The Hall–Kier alpha value is -3.06. The maximum Gasteiger partial charge on any atom is 0.370 e. The summed E-state index contributed by atoms with van der Waals surface area (Å²) in [5, 5.41) is 35.2. The number of rotatable bonds is 13. The van der Waals surface area contributed by atoms with Gasteiger partial charge in [-0.05, 0) is 24.4 Å². The number of hydrogen-bond acceptors (Lipinski definition) is 8. The zero-order valence-corrected chi connectivity index (χ0v) is 17.1. The van der Waals surface area contributed by atoms with Gasteiger partial charge in [0.25, 0.3) is 0 Å². The van der Waals surface area contributed by atoms with E-state index in [4.69, 9.17) is 26.5 Å². The highest BCUT2D eigenvalue weighted by atomic mass is 16.6. The van der Waals surface area contributed by atoms with Gasteiger partial charge in [0, 0.05) is 25.0 Å². The number of aliphatic hydroxyl groups is 2. The van der Waals surface area contributed by atoms with Gasteiger partial charge in [0.2, 0.25) is 11.7 Å². The Kier molecular flexibility index (Phi) is 11.1. The third kappa shape index (κ3) is 8.68. The molecule has 0 saturated heterocycles. The molecule has 0 fully saturated rings. The van der Waals surface area contributed by atoms with Crippen molar-refractivity contribution in [2.75, 3.05) is 19.8 Å². The maximum absolute atomic E-state index is 11.8. The van der Waals surface area contributed by atoms with Crippen LogP contribution in [0.4, 0.5) is 0 Å². The fraction of sp³-hybridized carbons (Fsp3) is 0.706. The van der Waals surface area contributed by atoms with Gasteiger partial charge in [-0.3, -0.25) is 4.79 Å². The number of amides is 1. The summed E-state index contributed by atoms with van der Waals surface area (Å²) >= 11 is 0. The van der Waals surface area contributed by atoms with Crippen LogP contribution >= 0.6 is 0 Å². The summed E-state index contributed by atoms with van der Waals surface area (Å²) in [7, 11) is 0. The summed E-state index contributed by atoms with van der Waals surface area (Å²) in [5.41, 5.74) is 19.1. The molecule has 0 saturated carbocycles. The molecule has 0 aromatic rings. The van der Waals surface area contributed by atoms with Crippen LogP contribution in [0.1, 0.15) is 26.2 Å². The second kappa shape index (κ2) is 13.3. The lowest BCUT2D eigenvalue weighted by Crippen LogP contribution is -2.60. The van der Waals surface area contributed by atoms with Crippen LogP contribution < -0.4 is 16.8 Å². The van der Waals surface area contributed by atoms with Crippen molar-refractivity contribution in [2.24, 2.45) is 21.6 Å². The predicted molar refractivity (Wildman–Crippen MR) is 108 cm³/mol. The number of guanidine groups is 1. The van der Waals surface area contributed by atoms with E-state index in [1.54, 1.807) is 0 Å². The van der Waals surface area contributed by atoms with Gasteiger partial charge >= 0.3 is 5.97 Å². The first kappa shape index (κ1) is 26.0. The largest absolute Gasteiger partial charge is 0.478 e. The molecule has 0 aromatic heterocycles. The lowest BCUT2D eigenvalue weighted by Gasteiger charge is -2.40. The van der Waals surface area contributed by atoms with E-state index in [9.17, 15) is 24.9 Å². The number of aliphatic carboxylic acids is 1. The van der Waals surface area contributed by atoms with Crippen molar-refractivity contribution in [2.45, 2.75) is 56.6 Å². The Bertz CT molecular complexity index is 720. The molecular weight excluding hydrogens is 414 g/mol. The molecule has 1 aliphatic heterocycles. The molecule has 0 spiro atoms. The van der Waals surface area contributed by atoms with Gasteiger partial charge in [-0.2, -0.15) is 0 Å². The van der Waals surface area contributed by atoms with E-state index < -0.39 is 54.6 Å². The van der Waals surface area contributed by atoms with Crippen molar-refractivity contribution < 1.29 is 34.4 Å². The molecule has 5 atom stereocenters. The van der Waals surface area contributed by atoms with Gasteiger partial charge in [0.15, 0.2) is 12.1 Å². The number of ether oxygens (including phenoxy) is 2. The van der Waals surface area contributed by atoms with Crippen molar-refractivity contribution in [3.8, 4) is 0 Å². The van der Waals surface area contributed by atoms with Crippen LogP contribution in [0.2, 0.25) is 0 Å². The second-order valence-corrected chi connectivity index (χ2v) is 6.79. The Balaban J connectivity index is 3.10. The van der Waals surface area contributed by atoms with Crippen molar-refractivity contribution in [3.05, 3.63) is 22.3 Å². The number of aliphatic hydroxyl groups excluding tert-OH is 2. The summed E-state index contributed by atoms with van der Waals surface area (Å²) in [6.45, 7) is 1.00. The van der Waals surface area contributed by atoms with Crippen LogP contribution in [0.25, 0.3) is 10.4 Å². The van der Waals surface area contributed by atoms with E-state index in [1.807, 2.05) is 0 Å². The lowest BCUT2D eigenvalue weighted by atomic mass is 9.92. The summed E-state index contributed by atoms with van der Waals surface area (Å²) < 4.78 is 11.2. The molecule has 0 aromatic carbocycles. The monoisotopic (exact) mass is 443 g/mol. The standard InChI is InChI=1S/C17H29N7O7/c1-9(26)22-13-10(23-17(18)19)7-12(16(28)29)31-15(13)14(11(27)8-25)30-6-4-2-3-5-21-24-20/h7,10-11,13-15,25,27H,2-6,8H2,1H3,(H,22,26)(H,28,29)(H4,18,19,23)/t10-,11+,13+,14+,15+/m0/s1. The van der Waals surface area contributed by atoms with Crippen LogP contribution in [-0.4, -0.2) is 83.3 Å². The van der Waals surface area contributed by atoms with Crippen LogP contribution in [0, 0.1) is 0 Å². The minimum Gasteiger partial charge on any atom is -0.478 e. The molecule has 0 aliphatic carbocycles. The molecule has 0 bridgehead atoms. The van der Waals surface area contributed by atoms with Crippen LogP contribution in [0.15, 0.2) is 21.9 Å². The Morgan fingerprint density at radius 1 is 1.39 bits per heavy atom. The zero-order valence-electron chi connectivity index (χ0n) is 17.1. The molecule has 1 heterocycles. The Morgan fingerprint density at radius 3 is 2.65 bits per heavy atom. The van der Waals surface area contributed by atoms with Crippen LogP contribution in [0.3, 0.4) is 0 Å². The topological polar surface area (TPSA) is 238 Å². The first-order valence-electron chi connectivity index (χ1n) is 9.60. The van der Waals surface area contributed by atoms with Crippen molar-refractivity contribution in [3.63, 3.8) is 0 Å². The fourth-order valence-corrected chi connectivity index (χ4v) is 3.05. The average molecular weight is 443 g/mol. The van der Waals surface area contributed by atoms with E-state index in [1.165, 1.54) is 6.92 Å². The molecule has 1 aliphatic rings. The van der Waals surface area contributed by atoms with Gasteiger partial charge in [0.05, 0.1) is 18.7 Å². The second-order valence-electron chi connectivity index (χ2n) is 6.79. The van der Waals surface area contributed by atoms with Crippen molar-refractivity contribution >= 4 is 17.8 Å². The van der Waals surface area contributed by atoms with E-state index in [-0.39, 0.29) is 12.6 Å². The lowest BCUT2D eigenvalue weighted by molar-refractivity contribution is -0.153. The quantitative estimate of drug-likeness (QED) is 0.0495. The molecule has 0 unspecified atom stereocenters. The highest BCUT2D eigenvalue weighted by Gasteiger charge is 2.45. The number of unbranched alkanes of at least 4 members (excludes halogenated alkanes) is 2. The summed E-state index contributed by atoms with van der Waals surface area (Å²) in [4.78, 5) is 29.9. The Labute approximate surface area is 178 Å². The third-order valence-corrected chi connectivity index (χ3v) is 4.35. The van der Waals surface area contributed by atoms with Gasteiger partial charge in [0.1, 0.15) is 12.2 Å². The number of carboxylic acids is 1. The SMILES string of the molecule is CC(=O)N[C@H]1[C@H]([C@H](OCCCCCN=[N+]=[N-])[C@H](O)CO)OC(C(=O)O)=C[C@@H]1N=C(N)N. The first-order valence-corrected chi connectivity index (χ1v) is 9.60. The summed E-state index contributed by atoms with van der Waals surface area (Å²) in [6.07, 6.45) is -0.912. The Morgan fingerprint density at radius 2 is 2.10 bits per heavy atom. The fourth-order valence-electron chi connectivity index (χ4n) is 3.05. The van der Waals surface area contributed by atoms with E-state index in [0.29, 0.717) is 25.8 Å². The smallest absolute Gasteiger partial charge is 0.370 e. The molecule has 14 nitrogen and oxygen atoms in total. The van der Waals surface area contributed by atoms with E-state index >= 15 is 0 Å². The highest BCUT2D eigenvalue weighted by Crippen LogP contribution is 2.26. The van der Waals surface area contributed by atoms with Crippen LogP contribution in [0.5, 0.6) is 0 Å². The summed E-state index contributed by atoms with van der Waals surface area (Å²) in [6, 6.07) is -2.00. The predicted octanol–water partition coefficient (Wildman–Crippen LogP) is -1.28. The van der Waals surface area contributed by atoms with Gasteiger partial charge < -0.3 is 41.6 Å². The molecule has 1 amide bonds. The normalized spacial score (nSPS) is 22.2. The molecule has 1 rings (SSSR count). The number of nitrogens with two attached hydrogens (primary N) is 2. The number of azide groups is 1. The first-order chi connectivity index (χ1) is 14.7. The number of aliphatic imine (C=N–C) groups is 1. The average Bonchev–Trinajstić information content (AvgIpc) is 2.70. The van der Waals surface area contributed by atoms with Gasteiger partial charge in [-0.1, -0.05) is 11.5 Å². The van der Waals surface area contributed by atoms with Gasteiger partial charge in [-0.15, -0.1) is 0 Å². The third-order valence-electron chi connectivity index (χ3n) is 4.35. The highest BCUT2D eigenvalue weighted by molar-refractivity contribution is 5.85. The van der Waals surface area contributed by atoms with Crippen LogP contribution in [-0.2, 0) is 19.1 Å². The van der Waals surface area contributed by atoms with E-state index in [2.05, 4.69) is 20.3 Å². The zero-order chi connectivity index (χ0) is 23.4. The molecule has 0 radical (unpaired) electrons. The number of carbonyl (C=O) groups excluding carboxylic acids is 1. The summed E-state index contributed by atoms with van der Waals surface area (Å²) in [5.74, 6) is -2.72. The molecule has 31 heavy (non-hydrogen) atoms. The number of hydrogen-bond donors (Lipinski definition) is 6. The van der Waals surface area contributed by atoms with E-state index in [0.717, 1.165) is 6.08 Å². The number of carbonyl (C=O) groups is 2. The molecular formula is C17H29N7O7. The molecule has 8 N–H and O–H groups in total. The number of nitrogens with one attached hydrogen (secondary N) is 1. The van der Waals surface area contributed by atoms with Crippen molar-refractivity contribution in [1.82, 2.24) is 5.32 Å². The molecule has 174 valence electrons. The van der Waals surface area contributed by atoms with Gasteiger partial charge in [-0.25, -0.2) is 9.79 Å². The van der Waals surface area contributed by atoms with Crippen molar-refractivity contribution in [1.29, 1.82) is 0 Å². The minimum absolute atomic E-state index is 0.129. The maximum atomic E-state index is 11.8.